The summed E-state index contributed by atoms with van der Waals surface area (Å²) in [4.78, 5) is 13.9. The van der Waals surface area contributed by atoms with E-state index in [-0.39, 0.29) is 5.82 Å². The highest BCUT2D eigenvalue weighted by Crippen LogP contribution is 2.20. The van der Waals surface area contributed by atoms with Crippen molar-refractivity contribution in [3.63, 3.8) is 0 Å². The number of rotatable bonds is 4. The molecule has 5 heteroatoms. The van der Waals surface area contributed by atoms with Crippen LogP contribution in [0.3, 0.4) is 0 Å². The van der Waals surface area contributed by atoms with Gasteiger partial charge in [0, 0.05) is 23.5 Å². The summed E-state index contributed by atoms with van der Waals surface area (Å²) in [6, 6.07) is 3.76. The van der Waals surface area contributed by atoms with E-state index in [0.29, 0.717) is 6.42 Å². The number of carboxylic acid groups (broad SMARTS) is 1. The Kier molecular flexibility index (Phi) is 3.10. The van der Waals surface area contributed by atoms with E-state index < -0.39 is 12.0 Å². The summed E-state index contributed by atoms with van der Waals surface area (Å²) in [5, 5.41) is 12.4. The van der Waals surface area contributed by atoms with E-state index in [1.165, 1.54) is 12.1 Å². The molecule has 1 atom stereocenters. The largest absolute Gasteiger partial charge is 0.480 e. The number of carbonyl (C=O) groups is 1. The summed E-state index contributed by atoms with van der Waals surface area (Å²) in [7, 11) is 1.59. The lowest BCUT2D eigenvalue weighted by molar-refractivity contribution is -0.139. The number of hydrogen-bond acceptors (Lipinski definition) is 2. The molecule has 0 spiro atoms. The maximum Gasteiger partial charge on any atom is 0.321 e. The normalized spacial score (nSPS) is 12.8. The van der Waals surface area contributed by atoms with Gasteiger partial charge in [-0.15, -0.1) is 0 Å². The number of aromatic amines is 1. The standard InChI is InChI=1S/C12H13FN2O2/c1-14-11(12(16)17)4-7-6-15-10-3-2-8(13)5-9(7)10/h2-3,5-6,11,14-15H,4H2,1H3,(H,16,17). The molecule has 17 heavy (non-hydrogen) atoms. The van der Waals surface area contributed by atoms with Crippen LogP contribution in [0.2, 0.25) is 0 Å². The number of carboxylic acids is 1. The zero-order chi connectivity index (χ0) is 12.4. The maximum absolute atomic E-state index is 13.1. The van der Waals surface area contributed by atoms with Crippen LogP contribution in [0.4, 0.5) is 4.39 Å². The first-order valence-electron chi connectivity index (χ1n) is 5.27. The van der Waals surface area contributed by atoms with Crippen molar-refractivity contribution in [2.75, 3.05) is 7.05 Å². The zero-order valence-electron chi connectivity index (χ0n) is 9.33. The molecule has 4 nitrogen and oxygen atoms in total. The van der Waals surface area contributed by atoms with Crippen molar-refractivity contribution in [1.29, 1.82) is 0 Å². The second-order valence-corrected chi connectivity index (χ2v) is 3.89. The Hall–Kier alpha value is -1.88. The number of nitrogens with one attached hydrogen (secondary N) is 2. The van der Waals surface area contributed by atoms with Gasteiger partial charge in [0.2, 0.25) is 0 Å². The first kappa shape index (κ1) is 11.6. The van der Waals surface area contributed by atoms with Crippen LogP contribution < -0.4 is 5.32 Å². The Bertz CT molecular complexity index is 550. The summed E-state index contributed by atoms with van der Waals surface area (Å²) in [6.07, 6.45) is 2.03. The maximum atomic E-state index is 13.1. The van der Waals surface area contributed by atoms with E-state index in [1.54, 1.807) is 19.3 Å². The second-order valence-electron chi connectivity index (χ2n) is 3.89. The van der Waals surface area contributed by atoms with Crippen LogP contribution >= 0.6 is 0 Å². The van der Waals surface area contributed by atoms with Gasteiger partial charge in [0.15, 0.2) is 0 Å². The monoisotopic (exact) mass is 236 g/mol. The van der Waals surface area contributed by atoms with Gasteiger partial charge >= 0.3 is 5.97 Å². The smallest absolute Gasteiger partial charge is 0.321 e. The molecule has 0 bridgehead atoms. The molecule has 1 aromatic heterocycles. The van der Waals surface area contributed by atoms with Crippen molar-refractivity contribution in [3.8, 4) is 0 Å². The molecule has 90 valence electrons. The average molecular weight is 236 g/mol. The molecule has 2 rings (SSSR count). The first-order chi connectivity index (χ1) is 8.11. The third-order valence-electron chi connectivity index (χ3n) is 2.80. The van der Waals surface area contributed by atoms with E-state index in [4.69, 9.17) is 5.11 Å². The van der Waals surface area contributed by atoms with Crippen molar-refractivity contribution in [2.45, 2.75) is 12.5 Å². The fourth-order valence-electron chi connectivity index (χ4n) is 1.85. The molecule has 0 radical (unpaired) electrons. The van der Waals surface area contributed by atoms with Crippen LogP contribution in [0.15, 0.2) is 24.4 Å². The third-order valence-corrected chi connectivity index (χ3v) is 2.80. The Morgan fingerprint density at radius 2 is 2.35 bits per heavy atom. The van der Waals surface area contributed by atoms with Gasteiger partial charge in [-0.05, 0) is 30.8 Å². The molecule has 0 aliphatic rings. The highest BCUT2D eigenvalue weighted by atomic mass is 19.1. The Balaban J connectivity index is 2.35. The van der Waals surface area contributed by atoms with E-state index in [2.05, 4.69) is 10.3 Å². The van der Waals surface area contributed by atoms with Gasteiger partial charge in [-0.2, -0.15) is 0 Å². The predicted molar refractivity (Wildman–Crippen MR) is 62.4 cm³/mol. The second kappa shape index (κ2) is 4.55. The van der Waals surface area contributed by atoms with Gasteiger partial charge in [-0.1, -0.05) is 0 Å². The number of halogens is 1. The predicted octanol–water partition coefficient (Wildman–Crippen LogP) is 1.52. The van der Waals surface area contributed by atoms with E-state index in [9.17, 15) is 9.18 Å². The van der Waals surface area contributed by atoms with Crippen LogP contribution in [0.1, 0.15) is 5.56 Å². The molecule has 1 heterocycles. The summed E-state index contributed by atoms with van der Waals surface area (Å²) >= 11 is 0. The number of aromatic nitrogens is 1. The summed E-state index contributed by atoms with van der Waals surface area (Å²) in [6.45, 7) is 0. The minimum atomic E-state index is -0.918. The van der Waals surface area contributed by atoms with Crippen LogP contribution in [0, 0.1) is 5.82 Å². The first-order valence-corrected chi connectivity index (χ1v) is 5.27. The third kappa shape index (κ3) is 2.29. The highest BCUT2D eigenvalue weighted by molar-refractivity contribution is 5.84. The molecule has 0 amide bonds. The molecular formula is C12H13FN2O2. The van der Waals surface area contributed by atoms with E-state index >= 15 is 0 Å². The molecule has 0 fully saturated rings. The molecular weight excluding hydrogens is 223 g/mol. The number of likely N-dealkylation sites (N-methyl/N-ethyl adjacent to an activating group) is 1. The lowest BCUT2D eigenvalue weighted by Crippen LogP contribution is -2.35. The van der Waals surface area contributed by atoms with Crippen molar-refractivity contribution in [2.24, 2.45) is 0 Å². The Labute approximate surface area is 97.5 Å². The molecule has 3 N–H and O–H groups in total. The van der Waals surface area contributed by atoms with Gasteiger partial charge in [0.25, 0.3) is 0 Å². The molecule has 1 aromatic carbocycles. The molecule has 0 saturated carbocycles. The van der Waals surface area contributed by atoms with Crippen LogP contribution in [0.25, 0.3) is 10.9 Å². The van der Waals surface area contributed by atoms with Crippen molar-refractivity contribution in [1.82, 2.24) is 10.3 Å². The minimum Gasteiger partial charge on any atom is -0.480 e. The minimum absolute atomic E-state index is 0.315. The topological polar surface area (TPSA) is 65.1 Å². The zero-order valence-corrected chi connectivity index (χ0v) is 9.33. The van der Waals surface area contributed by atoms with Gasteiger partial charge in [0.1, 0.15) is 11.9 Å². The quantitative estimate of drug-likeness (QED) is 0.754. The van der Waals surface area contributed by atoms with Gasteiger partial charge < -0.3 is 15.4 Å². The van der Waals surface area contributed by atoms with Crippen molar-refractivity contribution < 1.29 is 14.3 Å². The number of fused-ring (bicyclic) bond motifs is 1. The average Bonchev–Trinajstić information content (AvgIpc) is 2.68. The van der Waals surface area contributed by atoms with Crippen LogP contribution in [-0.4, -0.2) is 29.1 Å². The number of aliphatic carboxylic acids is 1. The van der Waals surface area contributed by atoms with Gasteiger partial charge in [-0.25, -0.2) is 4.39 Å². The molecule has 1 unspecified atom stereocenters. The fraction of sp³-hybridized carbons (Fsp3) is 0.250. The summed E-state index contributed by atoms with van der Waals surface area (Å²) in [5.74, 6) is -1.24. The fourth-order valence-corrected chi connectivity index (χ4v) is 1.85. The van der Waals surface area contributed by atoms with Gasteiger partial charge in [0.05, 0.1) is 0 Å². The molecule has 0 aliphatic heterocycles. The lowest BCUT2D eigenvalue weighted by Gasteiger charge is -2.09. The number of hydrogen-bond donors (Lipinski definition) is 3. The van der Waals surface area contributed by atoms with Crippen molar-refractivity contribution in [3.05, 3.63) is 35.8 Å². The molecule has 2 aromatic rings. The summed E-state index contributed by atoms with van der Waals surface area (Å²) in [5.41, 5.74) is 1.60. The van der Waals surface area contributed by atoms with E-state index in [0.717, 1.165) is 16.5 Å². The highest BCUT2D eigenvalue weighted by Gasteiger charge is 2.17. The SMILES string of the molecule is CNC(Cc1c[nH]c2ccc(F)cc12)C(=O)O. The summed E-state index contributed by atoms with van der Waals surface area (Å²) < 4.78 is 13.1. The lowest BCUT2D eigenvalue weighted by atomic mass is 10.1. The number of benzene rings is 1. The molecule has 0 aliphatic carbocycles. The molecule has 0 saturated heterocycles. The van der Waals surface area contributed by atoms with E-state index in [1.807, 2.05) is 0 Å². The van der Waals surface area contributed by atoms with Crippen molar-refractivity contribution >= 4 is 16.9 Å². The van der Waals surface area contributed by atoms with Crippen LogP contribution in [0.5, 0.6) is 0 Å². The van der Waals surface area contributed by atoms with Crippen LogP contribution in [-0.2, 0) is 11.2 Å². The Morgan fingerprint density at radius 1 is 1.59 bits per heavy atom. The Morgan fingerprint density at radius 3 is 3.00 bits per heavy atom. The number of H-pyrrole nitrogens is 1. The van der Waals surface area contributed by atoms with Gasteiger partial charge in [-0.3, -0.25) is 4.79 Å².